The van der Waals surface area contributed by atoms with Gasteiger partial charge in [0.15, 0.2) is 0 Å². The van der Waals surface area contributed by atoms with E-state index in [2.05, 4.69) is 0 Å². The van der Waals surface area contributed by atoms with Gasteiger partial charge in [-0.25, -0.2) is 0 Å². The molecule has 3 heteroatoms. The van der Waals surface area contributed by atoms with E-state index in [1.807, 2.05) is 65.6 Å². The highest BCUT2D eigenvalue weighted by Gasteiger charge is 2.28. The van der Waals surface area contributed by atoms with E-state index in [1.165, 1.54) is 0 Å². The van der Waals surface area contributed by atoms with Crippen molar-refractivity contribution in [3.63, 3.8) is 0 Å². The average molecular weight is 281 g/mol. The van der Waals surface area contributed by atoms with E-state index in [1.54, 1.807) is 0 Å². The number of amides is 1. The normalized spacial score (nSPS) is 17.6. The summed E-state index contributed by atoms with van der Waals surface area (Å²) < 4.78 is 5.37. The Morgan fingerprint density at radius 2 is 1.71 bits per heavy atom. The van der Waals surface area contributed by atoms with Gasteiger partial charge in [0.1, 0.15) is 0 Å². The molecule has 3 rings (SSSR count). The van der Waals surface area contributed by atoms with Crippen LogP contribution in [0.2, 0.25) is 0 Å². The monoisotopic (exact) mass is 281 g/mol. The Labute approximate surface area is 125 Å². The maximum Gasteiger partial charge on any atom is 0.232 e. The number of rotatable bonds is 4. The molecule has 1 aliphatic rings. The molecule has 1 heterocycles. The maximum absolute atomic E-state index is 12.8. The Morgan fingerprint density at radius 3 is 2.33 bits per heavy atom. The first-order chi connectivity index (χ1) is 10.3. The SMILES string of the molecule is O=C(C1CCOC1)N(Cc1ccccc1)c1ccccc1. The second kappa shape index (κ2) is 6.55. The minimum Gasteiger partial charge on any atom is -0.381 e. The first-order valence-electron chi connectivity index (χ1n) is 7.33. The van der Waals surface area contributed by atoms with E-state index in [4.69, 9.17) is 4.74 Å². The van der Waals surface area contributed by atoms with Crippen LogP contribution in [-0.2, 0) is 16.1 Å². The molecule has 3 nitrogen and oxygen atoms in total. The summed E-state index contributed by atoms with van der Waals surface area (Å²) in [6.45, 7) is 1.82. The van der Waals surface area contributed by atoms with E-state index in [0.29, 0.717) is 19.8 Å². The molecule has 2 aromatic carbocycles. The fourth-order valence-electron chi connectivity index (χ4n) is 2.62. The quantitative estimate of drug-likeness (QED) is 0.861. The molecule has 0 bridgehead atoms. The molecule has 0 radical (unpaired) electrons. The summed E-state index contributed by atoms with van der Waals surface area (Å²) in [6, 6.07) is 20.0. The molecular formula is C18H19NO2. The molecule has 1 saturated heterocycles. The molecular weight excluding hydrogens is 262 g/mol. The van der Waals surface area contributed by atoms with Gasteiger partial charge in [-0.1, -0.05) is 48.5 Å². The molecule has 1 aliphatic heterocycles. The highest BCUT2D eigenvalue weighted by atomic mass is 16.5. The van der Waals surface area contributed by atoms with Gasteiger partial charge in [0.2, 0.25) is 5.91 Å². The highest BCUT2D eigenvalue weighted by Crippen LogP contribution is 2.23. The van der Waals surface area contributed by atoms with Crippen LogP contribution in [0.3, 0.4) is 0 Å². The minimum absolute atomic E-state index is 0.0195. The number of ether oxygens (including phenoxy) is 1. The van der Waals surface area contributed by atoms with Gasteiger partial charge in [-0.3, -0.25) is 4.79 Å². The fourth-order valence-corrected chi connectivity index (χ4v) is 2.62. The van der Waals surface area contributed by atoms with Crippen LogP contribution in [0, 0.1) is 5.92 Å². The summed E-state index contributed by atoms with van der Waals surface area (Å²) >= 11 is 0. The standard InChI is InChI=1S/C18H19NO2/c20-18(16-11-12-21-14-16)19(17-9-5-2-6-10-17)13-15-7-3-1-4-8-15/h1-10,16H,11-14H2. The Balaban J connectivity index is 1.85. The molecule has 1 fully saturated rings. The molecule has 0 spiro atoms. The van der Waals surface area contributed by atoms with Gasteiger partial charge < -0.3 is 9.64 Å². The predicted octanol–water partition coefficient (Wildman–Crippen LogP) is 3.26. The Bertz CT molecular complexity index is 577. The van der Waals surface area contributed by atoms with E-state index >= 15 is 0 Å². The van der Waals surface area contributed by atoms with Gasteiger partial charge in [0.25, 0.3) is 0 Å². The number of hydrogen-bond acceptors (Lipinski definition) is 2. The van der Waals surface area contributed by atoms with Gasteiger partial charge >= 0.3 is 0 Å². The average Bonchev–Trinajstić information content (AvgIpc) is 3.08. The van der Waals surface area contributed by atoms with E-state index in [-0.39, 0.29) is 11.8 Å². The van der Waals surface area contributed by atoms with Crippen molar-refractivity contribution >= 4 is 11.6 Å². The third-order valence-electron chi connectivity index (χ3n) is 3.80. The van der Waals surface area contributed by atoms with Crippen molar-refractivity contribution in [3.05, 3.63) is 66.2 Å². The summed E-state index contributed by atoms with van der Waals surface area (Å²) in [5.74, 6) is 0.136. The number of carbonyl (C=O) groups excluding carboxylic acids is 1. The number of nitrogens with zero attached hydrogens (tertiary/aromatic N) is 1. The zero-order chi connectivity index (χ0) is 14.5. The van der Waals surface area contributed by atoms with Crippen LogP contribution in [-0.4, -0.2) is 19.1 Å². The number of para-hydroxylation sites is 1. The number of anilines is 1. The zero-order valence-corrected chi connectivity index (χ0v) is 11.9. The van der Waals surface area contributed by atoms with Crippen LogP contribution in [0.5, 0.6) is 0 Å². The van der Waals surface area contributed by atoms with E-state index < -0.39 is 0 Å². The molecule has 0 aromatic heterocycles. The van der Waals surface area contributed by atoms with Crippen molar-refractivity contribution in [1.82, 2.24) is 0 Å². The molecule has 1 unspecified atom stereocenters. The third kappa shape index (κ3) is 3.31. The van der Waals surface area contributed by atoms with Crippen molar-refractivity contribution in [3.8, 4) is 0 Å². The summed E-state index contributed by atoms with van der Waals surface area (Å²) in [5, 5.41) is 0. The lowest BCUT2D eigenvalue weighted by Gasteiger charge is -2.25. The van der Waals surface area contributed by atoms with E-state index in [0.717, 1.165) is 17.7 Å². The van der Waals surface area contributed by atoms with E-state index in [9.17, 15) is 4.79 Å². The molecule has 0 saturated carbocycles. The number of hydrogen-bond donors (Lipinski definition) is 0. The molecule has 2 aromatic rings. The Hall–Kier alpha value is -2.13. The zero-order valence-electron chi connectivity index (χ0n) is 11.9. The summed E-state index contributed by atoms with van der Waals surface area (Å²) in [6.07, 6.45) is 0.816. The van der Waals surface area contributed by atoms with Gasteiger partial charge in [-0.05, 0) is 24.1 Å². The molecule has 1 atom stereocenters. The third-order valence-corrected chi connectivity index (χ3v) is 3.80. The minimum atomic E-state index is -0.0195. The number of carbonyl (C=O) groups is 1. The van der Waals surface area contributed by atoms with Crippen molar-refractivity contribution in [1.29, 1.82) is 0 Å². The topological polar surface area (TPSA) is 29.5 Å². The smallest absolute Gasteiger partial charge is 0.232 e. The first-order valence-corrected chi connectivity index (χ1v) is 7.33. The van der Waals surface area contributed by atoms with Crippen molar-refractivity contribution < 1.29 is 9.53 Å². The van der Waals surface area contributed by atoms with Gasteiger partial charge in [-0.2, -0.15) is 0 Å². The summed E-state index contributed by atoms with van der Waals surface area (Å²) in [5.41, 5.74) is 2.08. The molecule has 0 N–H and O–H groups in total. The van der Waals surface area contributed by atoms with Gasteiger partial charge in [0.05, 0.1) is 19.1 Å². The Kier molecular flexibility index (Phi) is 4.31. The van der Waals surface area contributed by atoms with Gasteiger partial charge in [-0.15, -0.1) is 0 Å². The van der Waals surface area contributed by atoms with Crippen LogP contribution in [0.1, 0.15) is 12.0 Å². The van der Waals surface area contributed by atoms with Crippen LogP contribution in [0.15, 0.2) is 60.7 Å². The highest BCUT2D eigenvalue weighted by molar-refractivity contribution is 5.95. The lowest BCUT2D eigenvalue weighted by Crippen LogP contribution is -2.36. The van der Waals surface area contributed by atoms with Crippen LogP contribution in [0.25, 0.3) is 0 Å². The van der Waals surface area contributed by atoms with Crippen molar-refractivity contribution in [2.45, 2.75) is 13.0 Å². The first kappa shape index (κ1) is 13.8. The van der Waals surface area contributed by atoms with Crippen LogP contribution >= 0.6 is 0 Å². The van der Waals surface area contributed by atoms with Crippen molar-refractivity contribution in [2.24, 2.45) is 5.92 Å². The lowest BCUT2D eigenvalue weighted by atomic mass is 10.1. The maximum atomic E-state index is 12.8. The second-order valence-corrected chi connectivity index (χ2v) is 5.31. The number of benzene rings is 2. The fraction of sp³-hybridized carbons (Fsp3) is 0.278. The molecule has 0 aliphatic carbocycles. The summed E-state index contributed by atoms with van der Waals surface area (Å²) in [7, 11) is 0. The van der Waals surface area contributed by atoms with Crippen LogP contribution < -0.4 is 4.90 Å². The largest absolute Gasteiger partial charge is 0.381 e. The molecule has 108 valence electrons. The van der Waals surface area contributed by atoms with Crippen LogP contribution in [0.4, 0.5) is 5.69 Å². The Morgan fingerprint density at radius 1 is 1.05 bits per heavy atom. The lowest BCUT2D eigenvalue weighted by molar-refractivity contribution is -0.122. The van der Waals surface area contributed by atoms with Gasteiger partial charge in [0, 0.05) is 12.3 Å². The van der Waals surface area contributed by atoms with Crippen molar-refractivity contribution in [2.75, 3.05) is 18.1 Å². The summed E-state index contributed by atoms with van der Waals surface area (Å²) in [4.78, 5) is 14.7. The molecule has 21 heavy (non-hydrogen) atoms. The second-order valence-electron chi connectivity index (χ2n) is 5.31. The molecule has 1 amide bonds. The predicted molar refractivity (Wildman–Crippen MR) is 83.0 cm³/mol.